The van der Waals surface area contributed by atoms with E-state index < -0.39 is 5.97 Å². The largest absolute Gasteiger partial charge is 0.464 e. The SMILES string of the molecule is COC(=O)c1nc(-c2ccccc2)[nH]c1-c1ccc(C)c(C)c1. The second-order valence-corrected chi connectivity index (χ2v) is 5.47. The number of aromatic nitrogens is 2. The number of ether oxygens (including phenoxy) is 1. The van der Waals surface area contributed by atoms with Gasteiger partial charge in [0.2, 0.25) is 0 Å². The lowest BCUT2D eigenvalue weighted by molar-refractivity contribution is 0.0595. The summed E-state index contributed by atoms with van der Waals surface area (Å²) in [4.78, 5) is 19.8. The van der Waals surface area contributed by atoms with Crippen LogP contribution in [0.2, 0.25) is 0 Å². The van der Waals surface area contributed by atoms with Crippen molar-refractivity contribution in [3.8, 4) is 22.6 Å². The molecule has 0 aliphatic carbocycles. The zero-order valence-electron chi connectivity index (χ0n) is 13.4. The lowest BCUT2D eigenvalue weighted by Crippen LogP contribution is -2.03. The van der Waals surface area contributed by atoms with Crippen molar-refractivity contribution in [2.75, 3.05) is 7.11 Å². The molecule has 3 aromatic rings. The molecule has 0 aliphatic rings. The number of benzene rings is 2. The van der Waals surface area contributed by atoms with Gasteiger partial charge in [-0.1, -0.05) is 42.5 Å². The molecule has 0 fully saturated rings. The number of carbonyl (C=O) groups is 1. The Morgan fingerprint density at radius 1 is 1.00 bits per heavy atom. The van der Waals surface area contributed by atoms with Crippen molar-refractivity contribution < 1.29 is 9.53 Å². The van der Waals surface area contributed by atoms with E-state index in [1.165, 1.54) is 12.7 Å². The predicted octanol–water partition coefficient (Wildman–Crippen LogP) is 4.15. The Labute approximate surface area is 135 Å². The highest BCUT2D eigenvalue weighted by Gasteiger charge is 2.20. The maximum absolute atomic E-state index is 12.1. The van der Waals surface area contributed by atoms with Gasteiger partial charge < -0.3 is 9.72 Å². The molecule has 3 rings (SSSR count). The first-order chi connectivity index (χ1) is 11.1. The van der Waals surface area contributed by atoms with Crippen LogP contribution in [0.3, 0.4) is 0 Å². The molecule has 0 spiro atoms. The quantitative estimate of drug-likeness (QED) is 0.740. The van der Waals surface area contributed by atoms with E-state index in [1.54, 1.807) is 0 Å². The number of nitrogens with one attached hydrogen (secondary N) is 1. The number of rotatable bonds is 3. The van der Waals surface area contributed by atoms with Gasteiger partial charge in [0.05, 0.1) is 12.8 Å². The van der Waals surface area contributed by atoms with Crippen molar-refractivity contribution in [2.45, 2.75) is 13.8 Å². The van der Waals surface area contributed by atoms with Gasteiger partial charge in [-0.3, -0.25) is 0 Å². The molecule has 0 aliphatic heterocycles. The fraction of sp³-hybridized carbons (Fsp3) is 0.158. The summed E-state index contributed by atoms with van der Waals surface area (Å²) in [6, 6.07) is 15.8. The van der Waals surface area contributed by atoms with Crippen molar-refractivity contribution in [3.05, 3.63) is 65.4 Å². The van der Waals surface area contributed by atoms with Crippen molar-refractivity contribution in [1.29, 1.82) is 0 Å². The van der Waals surface area contributed by atoms with Crippen LogP contribution in [0.5, 0.6) is 0 Å². The summed E-state index contributed by atoms with van der Waals surface area (Å²) in [7, 11) is 1.36. The number of nitrogens with zero attached hydrogens (tertiary/aromatic N) is 1. The maximum Gasteiger partial charge on any atom is 0.358 e. The highest BCUT2D eigenvalue weighted by atomic mass is 16.5. The van der Waals surface area contributed by atoms with Crippen LogP contribution in [-0.2, 0) is 4.74 Å². The van der Waals surface area contributed by atoms with E-state index in [9.17, 15) is 4.79 Å². The number of methoxy groups -OCH3 is 1. The van der Waals surface area contributed by atoms with Gasteiger partial charge in [0.25, 0.3) is 0 Å². The molecule has 1 N–H and O–H groups in total. The van der Waals surface area contributed by atoms with Gasteiger partial charge in [-0.2, -0.15) is 0 Å². The molecule has 116 valence electrons. The molecule has 0 radical (unpaired) electrons. The summed E-state index contributed by atoms with van der Waals surface area (Å²) in [5.74, 6) is 0.205. The fourth-order valence-electron chi connectivity index (χ4n) is 2.46. The van der Waals surface area contributed by atoms with Crippen molar-refractivity contribution in [1.82, 2.24) is 9.97 Å². The van der Waals surface area contributed by atoms with E-state index >= 15 is 0 Å². The van der Waals surface area contributed by atoms with Gasteiger partial charge in [-0.15, -0.1) is 0 Å². The van der Waals surface area contributed by atoms with Gasteiger partial charge in [0.15, 0.2) is 5.69 Å². The second-order valence-electron chi connectivity index (χ2n) is 5.47. The molecule has 1 aromatic heterocycles. The molecule has 0 saturated carbocycles. The van der Waals surface area contributed by atoms with Crippen LogP contribution in [0, 0.1) is 13.8 Å². The Hall–Kier alpha value is -2.88. The van der Waals surface area contributed by atoms with E-state index in [1.807, 2.05) is 55.5 Å². The van der Waals surface area contributed by atoms with Gasteiger partial charge in [0.1, 0.15) is 5.82 Å². The average molecular weight is 306 g/mol. The maximum atomic E-state index is 12.1. The van der Waals surface area contributed by atoms with E-state index in [-0.39, 0.29) is 0 Å². The summed E-state index contributed by atoms with van der Waals surface area (Å²) >= 11 is 0. The Morgan fingerprint density at radius 2 is 1.74 bits per heavy atom. The summed E-state index contributed by atoms with van der Waals surface area (Å²) < 4.78 is 4.88. The fourth-order valence-corrected chi connectivity index (χ4v) is 2.46. The second kappa shape index (κ2) is 6.08. The molecule has 4 nitrogen and oxygen atoms in total. The Kier molecular flexibility index (Phi) is 3.98. The Bertz CT molecular complexity index is 851. The van der Waals surface area contributed by atoms with Crippen LogP contribution in [0.15, 0.2) is 48.5 Å². The average Bonchev–Trinajstić information content (AvgIpc) is 3.03. The standard InChI is InChI=1S/C19H18N2O2/c1-12-9-10-15(11-13(12)2)16-17(19(22)23-3)21-18(20-16)14-7-5-4-6-8-14/h4-11H,1-3H3,(H,20,21). The monoisotopic (exact) mass is 306 g/mol. The minimum Gasteiger partial charge on any atom is -0.464 e. The van der Waals surface area contributed by atoms with Crippen LogP contribution in [0.25, 0.3) is 22.6 Å². The zero-order chi connectivity index (χ0) is 16.4. The molecular formula is C19H18N2O2. The minimum absolute atomic E-state index is 0.301. The van der Waals surface area contributed by atoms with Crippen LogP contribution >= 0.6 is 0 Å². The van der Waals surface area contributed by atoms with Crippen LogP contribution in [0.4, 0.5) is 0 Å². The van der Waals surface area contributed by atoms with Gasteiger partial charge >= 0.3 is 5.97 Å². The van der Waals surface area contributed by atoms with E-state index in [0.29, 0.717) is 17.2 Å². The molecule has 23 heavy (non-hydrogen) atoms. The van der Waals surface area contributed by atoms with Crippen molar-refractivity contribution >= 4 is 5.97 Å². The number of hydrogen-bond donors (Lipinski definition) is 1. The number of esters is 1. The van der Waals surface area contributed by atoms with Crippen LogP contribution < -0.4 is 0 Å². The highest BCUT2D eigenvalue weighted by Crippen LogP contribution is 2.28. The van der Waals surface area contributed by atoms with E-state index in [2.05, 4.69) is 16.9 Å². The lowest BCUT2D eigenvalue weighted by atomic mass is 10.0. The summed E-state index contributed by atoms with van der Waals surface area (Å²) in [6.07, 6.45) is 0. The highest BCUT2D eigenvalue weighted by molar-refractivity contribution is 5.95. The lowest BCUT2D eigenvalue weighted by Gasteiger charge is -2.05. The Balaban J connectivity index is 2.16. The molecule has 0 bridgehead atoms. The summed E-state index contributed by atoms with van der Waals surface area (Å²) in [6.45, 7) is 4.10. The van der Waals surface area contributed by atoms with Crippen molar-refractivity contribution in [3.63, 3.8) is 0 Å². The molecule has 0 saturated heterocycles. The molecule has 4 heteroatoms. The van der Waals surface area contributed by atoms with Crippen molar-refractivity contribution in [2.24, 2.45) is 0 Å². The smallest absolute Gasteiger partial charge is 0.358 e. The van der Waals surface area contributed by atoms with Crippen LogP contribution in [-0.4, -0.2) is 23.0 Å². The summed E-state index contributed by atoms with van der Waals surface area (Å²) in [5, 5.41) is 0. The third kappa shape index (κ3) is 2.88. The van der Waals surface area contributed by atoms with Crippen LogP contribution in [0.1, 0.15) is 21.6 Å². The number of hydrogen-bond acceptors (Lipinski definition) is 3. The molecule has 2 aromatic carbocycles. The molecule has 0 amide bonds. The number of carbonyl (C=O) groups excluding carboxylic acids is 1. The summed E-state index contributed by atoms with van der Waals surface area (Å²) in [5.41, 5.74) is 5.19. The molecular weight excluding hydrogens is 288 g/mol. The number of H-pyrrole nitrogens is 1. The van der Waals surface area contributed by atoms with E-state index in [4.69, 9.17) is 4.74 Å². The first-order valence-electron chi connectivity index (χ1n) is 7.41. The predicted molar refractivity (Wildman–Crippen MR) is 90.3 cm³/mol. The number of aryl methyl sites for hydroxylation is 2. The third-order valence-electron chi connectivity index (χ3n) is 3.93. The van der Waals surface area contributed by atoms with Gasteiger partial charge in [-0.25, -0.2) is 9.78 Å². The third-order valence-corrected chi connectivity index (χ3v) is 3.93. The normalized spacial score (nSPS) is 10.6. The Morgan fingerprint density at radius 3 is 2.39 bits per heavy atom. The molecule has 0 unspecified atom stereocenters. The molecule has 1 heterocycles. The van der Waals surface area contributed by atoms with E-state index in [0.717, 1.165) is 16.7 Å². The first-order valence-corrected chi connectivity index (χ1v) is 7.41. The van der Waals surface area contributed by atoms with Gasteiger partial charge in [0, 0.05) is 11.1 Å². The number of imidazole rings is 1. The van der Waals surface area contributed by atoms with Gasteiger partial charge in [-0.05, 0) is 31.0 Å². The minimum atomic E-state index is -0.448. The zero-order valence-corrected chi connectivity index (χ0v) is 13.4. The molecule has 0 atom stereocenters. The first kappa shape index (κ1) is 15.0. The number of aromatic amines is 1. The topological polar surface area (TPSA) is 55.0 Å².